The summed E-state index contributed by atoms with van der Waals surface area (Å²) < 4.78 is 0. The van der Waals surface area contributed by atoms with Gasteiger partial charge in [0.2, 0.25) is 11.8 Å². The number of hydrogen-bond acceptors (Lipinski definition) is 4. The lowest BCUT2D eigenvalue weighted by atomic mass is 9.94. The number of hydrogen-bond donors (Lipinski definition) is 1. The molecule has 2 fully saturated rings. The highest BCUT2D eigenvalue weighted by atomic mass is 32.2. The third kappa shape index (κ3) is 3.76. The van der Waals surface area contributed by atoms with Gasteiger partial charge in [-0.05, 0) is 37.3 Å². The summed E-state index contributed by atoms with van der Waals surface area (Å²) in [4.78, 5) is 26.1. The fraction of sp³-hybridized carbons (Fsp3) is 0.867. The van der Waals surface area contributed by atoms with Crippen LogP contribution in [0.15, 0.2) is 0 Å². The number of nitrogens with zero attached hydrogens (tertiary/aromatic N) is 1. The van der Waals surface area contributed by atoms with E-state index in [-0.39, 0.29) is 23.9 Å². The average Bonchev–Trinajstić information content (AvgIpc) is 2.72. The molecule has 0 spiro atoms. The van der Waals surface area contributed by atoms with Crippen molar-refractivity contribution in [2.24, 2.45) is 5.92 Å². The molecule has 1 N–H and O–H groups in total. The van der Waals surface area contributed by atoms with E-state index in [0.29, 0.717) is 12.3 Å². The van der Waals surface area contributed by atoms with Gasteiger partial charge in [-0.25, -0.2) is 0 Å². The second kappa shape index (κ2) is 7.46. The highest BCUT2D eigenvalue weighted by molar-refractivity contribution is 7.98. The summed E-state index contributed by atoms with van der Waals surface area (Å²) in [6.07, 6.45) is 7.95. The molecule has 0 aromatic carbocycles. The predicted molar refractivity (Wildman–Crippen MR) is 82.7 cm³/mol. The summed E-state index contributed by atoms with van der Waals surface area (Å²) in [6, 6.07) is -0.118. The van der Waals surface area contributed by atoms with Gasteiger partial charge in [-0.15, -0.1) is 0 Å². The molecule has 1 saturated heterocycles. The zero-order valence-corrected chi connectivity index (χ0v) is 13.4. The molecule has 1 aliphatic heterocycles. The third-order valence-corrected chi connectivity index (χ3v) is 5.19. The van der Waals surface area contributed by atoms with Crippen molar-refractivity contribution in [1.82, 2.24) is 10.2 Å². The molecule has 114 valence electrons. The molecule has 2 aliphatic rings. The highest BCUT2D eigenvalue weighted by Gasteiger charge is 2.42. The van der Waals surface area contributed by atoms with E-state index in [9.17, 15) is 9.59 Å². The summed E-state index contributed by atoms with van der Waals surface area (Å²) in [5.74, 6) is 1.64. The lowest BCUT2D eigenvalue weighted by Gasteiger charge is -2.29. The minimum absolute atomic E-state index is 0.0123. The summed E-state index contributed by atoms with van der Waals surface area (Å²) in [6.45, 7) is 2.98. The van der Waals surface area contributed by atoms with Crippen molar-refractivity contribution < 1.29 is 9.59 Å². The van der Waals surface area contributed by atoms with E-state index in [4.69, 9.17) is 0 Å². The van der Waals surface area contributed by atoms with Gasteiger partial charge >= 0.3 is 0 Å². The van der Waals surface area contributed by atoms with Crippen LogP contribution in [0.3, 0.4) is 0 Å². The van der Waals surface area contributed by atoms with Crippen LogP contribution < -0.4 is 5.32 Å². The first kappa shape index (κ1) is 15.8. The minimum Gasteiger partial charge on any atom is -0.305 e. The Kier molecular flexibility index (Phi) is 5.90. The number of carbonyl (C=O) groups is 2. The van der Waals surface area contributed by atoms with Crippen molar-refractivity contribution in [3.8, 4) is 0 Å². The van der Waals surface area contributed by atoms with Crippen LogP contribution in [-0.2, 0) is 9.59 Å². The van der Waals surface area contributed by atoms with E-state index in [1.165, 1.54) is 6.42 Å². The van der Waals surface area contributed by atoms with E-state index in [2.05, 4.69) is 18.5 Å². The summed E-state index contributed by atoms with van der Waals surface area (Å²) in [7, 11) is 0. The molecule has 0 bridgehead atoms. The molecule has 2 rings (SSSR count). The second-order valence-electron chi connectivity index (χ2n) is 6.12. The molecule has 1 saturated carbocycles. The van der Waals surface area contributed by atoms with Gasteiger partial charge in [0.05, 0.1) is 12.5 Å². The van der Waals surface area contributed by atoms with E-state index < -0.39 is 0 Å². The maximum absolute atomic E-state index is 12.4. The quantitative estimate of drug-likeness (QED) is 0.762. The van der Waals surface area contributed by atoms with Crippen molar-refractivity contribution in [2.75, 3.05) is 18.6 Å². The molecule has 0 aromatic heterocycles. The van der Waals surface area contributed by atoms with E-state index in [1.807, 2.05) is 11.8 Å². The Bertz CT molecular complexity index is 356. The zero-order chi connectivity index (χ0) is 14.5. The SMILES string of the molecule is CSCC(C)CNC1CC(=O)N(C2CCCCC2)C1=O. The topological polar surface area (TPSA) is 49.4 Å². The van der Waals surface area contributed by atoms with Crippen molar-refractivity contribution >= 4 is 23.6 Å². The molecule has 2 unspecified atom stereocenters. The van der Waals surface area contributed by atoms with Crippen LogP contribution in [0.1, 0.15) is 45.4 Å². The Morgan fingerprint density at radius 2 is 2.00 bits per heavy atom. The van der Waals surface area contributed by atoms with Crippen LogP contribution >= 0.6 is 11.8 Å². The summed E-state index contributed by atoms with van der Waals surface area (Å²) in [5, 5.41) is 3.29. The molecule has 0 aromatic rings. The number of amides is 2. The lowest BCUT2D eigenvalue weighted by molar-refractivity contribution is -0.142. The Hall–Kier alpha value is -0.550. The number of thioether (sulfide) groups is 1. The smallest absolute Gasteiger partial charge is 0.247 e. The highest BCUT2D eigenvalue weighted by Crippen LogP contribution is 2.27. The molecule has 1 heterocycles. The monoisotopic (exact) mass is 298 g/mol. The Labute approximate surface area is 126 Å². The standard InChI is InChI=1S/C15H26N2O2S/c1-11(10-20-2)9-16-13-8-14(18)17(15(13)19)12-6-4-3-5-7-12/h11-13,16H,3-10H2,1-2H3. The van der Waals surface area contributed by atoms with Gasteiger partial charge in [-0.1, -0.05) is 26.2 Å². The maximum Gasteiger partial charge on any atom is 0.247 e. The van der Waals surface area contributed by atoms with Crippen molar-refractivity contribution in [2.45, 2.75) is 57.5 Å². The van der Waals surface area contributed by atoms with Gasteiger partial charge in [-0.2, -0.15) is 11.8 Å². The van der Waals surface area contributed by atoms with Crippen LogP contribution in [-0.4, -0.2) is 47.4 Å². The average molecular weight is 298 g/mol. The molecule has 4 nitrogen and oxygen atoms in total. The van der Waals surface area contributed by atoms with Gasteiger partial charge in [0.15, 0.2) is 0 Å². The molecule has 20 heavy (non-hydrogen) atoms. The van der Waals surface area contributed by atoms with Crippen molar-refractivity contribution in [1.29, 1.82) is 0 Å². The lowest BCUT2D eigenvalue weighted by Crippen LogP contribution is -2.45. The summed E-state index contributed by atoms with van der Waals surface area (Å²) >= 11 is 1.81. The minimum atomic E-state index is -0.284. The number of likely N-dealkylation sites (tertiary alicyclic amines) is 1. The van der Waals surface area contributed by atoms with Gasteiger partial charge < -0.3 is 5.32 Å². The summed E-state index contributed by atoms with van der Waals surface area (Å²) in [5.41, 5.74) is 0. The molecule has 0 radical (unpaired) electrons. The molecular weight excluding hydrogens is 272 g/mol. The van der Waals surface area contributed by atoms with Gasteiger partial charge in [-0.3, -0.25) is 14.5 Å². The molecule has 5 heteroatoms. The largest absolute Gasteiger partial charge is 0.305 e. The van der Waals surface area contributed by atoms with Crippen LogP contribution in [0.5, 0.6) is 0 Å². The van der Waals surface area contributed by atoms with Gasteiger partial charge in [0.25, 0.3) is 0 Å². The first-order valence-corrected chi connectivity index (χ1v) is 9.11. The fourth-order valence-electron chi connectivity index (χ4n) is 3.22. The zero-order valence-electron chi connectivity index (χ0n) is 12.6. The van der Waals surface area contributed by atoms with E-state index in [1.54, 1.807) is 4.90 Å². The van der Waals surface area contributed by atoms with Crippen molar-refractivity contribution in [3.63, 3.8) is 0 Å². The van der Waals surface area contributed by atoms with Crippen LogP contribution in [0.4, 0.5) is 0 Å². The number of imide groups is 1. The fourth-order valence-corrected chi connectivity index (χ4v) is 3.91. The van der Waals surface area contributed by atoms with E-state index in [0.717, 1.165) is 38.0 Å². The number of nitrogens with one attached hydrogen (secondary N) is 1. The van der Waals surface area contributed by atoms with Crippen LogP contribution in [0.2, 0.25) is 0 Å². The predicted octanol–water partition coefficient (Wildman–Crippen LogP) is 2.04. The maximum atomic E-state index is 12.4. The third-order valence-electron chi connectivity index (χ3n) is 4.29. The molecule has 1 aliphatic carbocycles. The van der Waals surface area contributed by atoms with Crippen LogP contribution in [0.25, 0.3) is 0 Å². The van der Waals surface area contributed by atoms with Crippen LogP contribution in [0, 0.1) is 5.92 Å². The molecule has 2 amide bonds. The van der Waals surface area contributed by atoms with Gasteiger partial charge in [0.1, 0.15) is 0 Å². The normalized spacial score (nSPS) is 26.3. The second-order valence-corrected chi connectivity index (χ2v) is 7.03. The van der Waals surface area contributed by atoms with E-state index >= 15 is 0 Å². The molecular formula is C15H26N2O2S. The Morgan fingerprint density at radius 1 is 1.30 bits per heavy atom. The Morgan fingerprint density at radius 3 is 2.65 bits per heavy atom. The first-order valence-electron chi connectivity index (χ1n) is 7.71. The number of carbonyl (C=O) groups excluding carboxylic acids is 2. The first-order chi connectivity index (χ1) is 9.63. The van der Waals surface area contributed by atoms with Gasteiger partial charge in [0, 0.05) is 6.04 Å². The van der Waals surface area contributed by atoms with Crippen molar-refractivity contribution in [3.05, 3.63) is 0 Å². The molecule has 2 atom stereocenters. The Balaban J connectivity index is 1.87. The number of rotatable bonds is 6.